The summed E-state index contributed by atoms with van der Waals surface area (Å²) >= 11 is 1.99. The number of carboxylic acid groups (broad SMARTS) is 1. The highest BCUT2D eigenvalue weighted by molar-refractivity contribution is 7.99. The van der Waals surface area contributed by atoms with Crippen LogP contribution >= 0.6 is 11.8 Å². The molecule has 0 spiro atoms. The normalized spacial score (nSPS) is 24.1. The molecule has 0 aliphatic carbocycles. The molecule has 0 aromatic heterocycles. The van der Waals surface area contributed by atoms with Gasteiger partial charge in [-0.05, 0) is 25.1 Å². The van der Waals surface area contributed by atoms with Crippen LogP contribution in [0.3, 0.4) is 0 Å². The molecule has 2 atom stereocenters. The minimum Gasteiger partial charge on any atom is -0.481 e. The lowest BCUT2D eigenvalue weighted by atomic mass is 10.1. The molecule has 15 heavy (non-hydrogen) atoms. The van der Waals surface area contributed by atoms with Gasteiger partial charge in [0.15, 0.2) is 0 Å². The molecule has 0 radical (unpaired) electrons. The molecule has 1 aliphatic heterocycles. The van der Waals surface area contributed by atoms with Gasteiger partial charge in [-0.2, -0.15) is 11.8 Å². The fourth-order valence-corrected chi connectivity index (χ4v) is 3.16. The molecule has 88 valence electrons. The number of rotatable bonds is 5. The average Bonchev–Trinajstić information content (AvgIpc) is 2.26. The first kappa shape index (κ1) is 12.8. The lowest BCUT2D eigenvalue weighted by molar-refractivity contribution is -0.141. The Kier molecular flexibility index (Phi) is 5.47. The Balaban J connectivity index is 2.43. The Morgan fingerprint density at radius 3 is 2.87 bits per heavy atom. The monoisotopic (exact) mass is 231 g/mol. The highest BCUT2D eigenvalue weighted by Crippen LogP contribution is 2.22. The van der Waals surface area contributed by atoms with Crippen molar-refractivity contribution in [1.29, 1.82) is 0 Å². The van der Waals surface area contributed by atoms with E-state index in [1.54, 1.807) is 6.92 Å². The predicted octanol–water partition coefficient (Wildman–Crippen LogP) is 1.92. The van der Waals surface area contributed by atoms with E-state index in [-0.39, 0.29) is 5.92 Å². The Bertz CT molecular complexity index is 205. The van der Waals surface area contributed by atoms with Crippen LogP contribution in [0, 0.1) is 5.92 Å². The third kappa shape index (κ3) is 4.03. The minimum atomic E-state index is -0.683. The number of hydrogen-bond acceptors (Lipinski definition) is 3. The number of hydrogen-bond donors (Lipinski definition) is 1. The second-order valence-corrected chi connectivity index (χ2v) is 5.35. The van der Waals surface area contributed by atoms with E-state index < -0.39 is 5.97 Å². The van der Waals surface area contributed by atoms with Crippen molar-refractivity contribution in [2.45, 2.75) is 32.7 Å². The van der Waals surface area contributed by atoms with E-state index in [1.807, 2.05) is 11.8 Å². The molecule has 1 N–H and O–H groups in total. The van der Waals surface area contributed by atoms with Crippen LogP contribution in [0.1, 0.15) is 26.7 Å². The summed E-state index contributed by atoms with van der Waals surface area (Å²) in [6.45, 7) is 5.56. The summed E-state index contributed by atoms with van der Waals surface area (Å²) in [6, 6.07) is 0.593. The van der Waals surface area contributed by atoms with E-state index in [0.29, 0.717) is 12.6 Å². The van der Waals surface area contributed by atoms with Gasteiger partial charge in [0.1, 0.15) is 0 Å². The quantitative estimate of drug-likeness (QED) is 0.785. The highest BCUT2D eigenvalue weighted by Gasteiger charge is 2.23. The van der Waals surface area contributed by atoms with Gasteiger partial charge in [0, 0.05) is 18.3 Å². The van der Waals surface area contributed by atoms with Crippen LogP contribution in [0.15, 0.2) is 0 Å². The van der Waals surface area contributed by atoms with Gasteiger partial charge in [-0.1, -0.05) is 13.8 Å². The maximum Gasteiger partial charge on any atom is 0.307 e. The summed E-state index contributed by atoms with van der Waals surface area (Å²) < 4.78 is 0. The number of carbonyl (C=O) groups is 1. The maximum atomic E-state index is 10.8. The SMILES string of the molecule is CCN(CC(C)C(=O)O)C1CCCSC1. The number of nitrogens with zero attached hydrogens (tertiary/aromatic N) is 1. The fourth-order valence-electron chi connectivity index (χ4n) is 1.98. The van der Waals surface area contributed by atoms with E-state index in [9.17, 15) is 4.79 Å². The summed E-state index contributed by atoms with van der Waals surface area (Å²) in [4.78, 5) is 13.1. The van der Waals surface area contributed by atoms with Gasteiger partial charge in [0.2, 0.25) is 0 Å². The molecule has 0 saturated carbocycles. The van der Waals surface area contributed by atoms with Gasteiger partial charge >= 0.3 is 5.97 Å². The predicted molar refractivity (Wildman–Crippen MR) is 64.4 cm³/mol. The van der Waals surface area contributed by atoms with Gasteiger partial charge in [-0.25, -0.2) is 0 Å². The lowest BCUT2D eigenvalue weighted by Gasteiger charge is -2.34. The maximum absolute atomic E-state index is 10.8. The van der Waals surface area contributed by atoms with Crippen molar-refractivity contribution in [3.05, 3.63) is 0 Å². The zero-order chi connectivity index (χ0) is 11.3. The minimum absolute atomic E-state index is 0.253. The standard InChI is InChI=1S/C11H21NO2S/c1-3-12(7-9(2)11(13)14)10-5-4-6-15-8-10/h9-10H,3-8H2,1-2H3,(H,13,14). The second kappa shape index (κ2) is 6.38. The molecule has 0 aromatic rings. The first-order chi connectivity index (χ1) is 7.15. The zero-order valence-electron chi connectivity index (χ0n) is 9.61. The van der Waals surface area contributed by atoms with Crippen LogP contribution in [0.5, 0.6) is 0 Å². The molecule has 4 heteroatoms. The molecule has 2 unspecified atom stereocenters. The molecular weight excluding hydrogens is 210 g/mol. The summed E-state index contributed by atoms with van der Waals surface area (Å²) in [5.74, 6) is 1.50. The molecule has 0 amide bonds. The van der Waals surface area contributed by atoms with Gasteiger partial charge in [-0.3, -0.25) is 9.69 Å². The van der Waals surface area contributed by atoms with Gasteiger partial charge < -0.3 is 5.11 Å². The molecular formula is C11H21NO2S. The molecule has 0 aromatic carbocycles. The molecule has 0 bridgehead atoms. The largest absolute Gasteiger partial charge is 0.481 e. The topological polar surface area (TPSA) is 40.5 Å². The Morgan fingerprint density at radius 2 is 2.40 bits per heavy atom. The summed E-state index contributed by atoms with van der Waals surface area (Å²) in [7, 11) is 0. The Morgan fingerprint density at radius 1 is 1.67 bits per heavy atom. The van der Waals surface area contributed by atoms with Crippen LogP contribution in [0.25, 0.3) is 0 Å². The first-order valence-corrected chi connectivity index (χ1v) is 6.85. The van der Waals surface area contributed by atoms with Crippen LogP contribution in [0.2, 0.25) is 0 Å². The van der Waals surface area contributed by atoms with Crippen molar-refractivity contribution in [2.24, 2.45) is 5.92 Å². The fraction of sp³-hybridized carbons (Fsp3) is 0.909. The van der Waals surface area contributed by atoms with Crippen molar-refractivity contribution in [1.82, 2.24) is 4.90 Å². The molecule has 1 saturated heterocycles. The average molecular weight is 231 g/mol. The van der Waals surface area contributed by atoms with Crippen molar-refractivity contribution < 1.29 is 9.90 Å². The van der Waals surface area contributed by atoms with E-state index in [0.717, 1.165) is 6.54 Å². The van der Waals surface area contributed by atoms with E-state index >= 15 is 0 Å². The van der Waals surface area contributed by atoms with Crippen LogP contribution < -0.4 is 0 Å². The van der Waals surface area contributed by atoms with Gasteiger partial charge in [0.05, 0.1) is 5.92 Å². The van der Waals surface area contributed by atoms with Crippen LogP contribution in [0.4, 0.5) is 0 Å². The van der Waals surface area contributed by atoms with Crippen LogP contribution in [-0.2, 0) is 4.79 Å². The molecule has 1 fully saturated rings. The van der Waals surface area contributed by atoms with Gasteiger partial charge in [0.25, 0.3) is 0 Å². The third-order valence-electron chi connectivity index (χ3n) is 2.99. The molecule has 1 heterocycles. The second-order valence-electron chi connectivity index (χ2n) is 4.20. The van der Waals surface area contributed by atoms with E-state index in [1.165, 1.54) is 24.3 Å². The molecule has 3 nitrogen and oxygen atoms in total. The summed E-state index contributed by atoms with van der Waals surface area (Å²) in [5.41, 5.74) is 0. The van der Waals surface area contributed by atoms with Crippen molar-refractivity contribution in [3.8, 4) is 0 Å². The Labute approximate surface area is 96.2 Å². The summed E-state index contributed by atoms with van der Waals surface area (Å²) in [5, 5.41) is 8.89. The van der Waals surface area contributed by atoms with E-state index in [4.69, 9.17) is 5.11 Å². The van der Waals surface area contributed by atoms with Gasteiger partial charge in [-0.15, -0.1) is 0 Å². The lowest BCUT2D eigenvalue weighted by Crippen LogP contribution is -2.42. The number of thioether (sulfide) groups is 1. The zero-order valence-corrected chi connectivity index (χ0v) is 10.4. The number of aliphatic carboxylic acids is 1. The molecule has 1 rings (SSSR count). The Hall–Kier alpha value is -0.220. The molecule has 1 aliphatic rings. The third-order valence-corrected chi connectivity index (χ3v) is 4.19. The van der Waals surface area contributed by atoms with E-state index in [2.05, 4.69) is 11.8 Å². The van der Waals surface area contributed by atoms with Crippen molar-refractivity contribution in [3.63, 3.8) is 0 Å². The van der Waals surface area contributed by atoms with Crippen LogP contribution in [-0.4, -0.2) is 46.6 Å². The van der Waals surface area contributed by atoms with Crippen molar-refractivity contribution in [2.75, 3.05) is 24.6 Å². The van der Waals surface area contributed by atoms with Crippen molar-refractivity contribution >= 4 is 17.7 Å². The summed E-state index contributed by atoms with van der Waals surface area (Å²) in [6.07, 6.45) is 2.50. The number of carboxylic acids is 1. The first-order valence-electron chi connectivity index (χ1n) is 5.69. The highest BCUT2D eigenvalue weighted by atomic mass is 32.2. The smallest absolute Gasteiger partial charge is 0.307 e.